The van der Waals surface area contributed by atoms with Crippen molar-refractivity contribution in [2.45, 2.75) is 37.7 Å². The van der Waals surface area contributed by atoms with Gasteiger partial charge in [-0.1, -0.05) is 12.1 Å². The van der Waals surface area contributed by atoms with Gasteiger partial charge in [0, 0.05) is 30.2 Å². The number of para-hydroxylation sites is 1. The maximum absolute atomic E-state index is 12.4. The van der Waals surface area contributed by atoms with Crippen molar-refractivity contribution in [1.29, 1.82) is 0 Å². The molecule has 120 valence electrons. The Morgan fingerprint density at radius 2 is 2.05 bits per heavy atom. The fourth-order valence-corrected chi connectivity index (χ4v) is 3.14. The van der Waals surface area contributed by atoms with Crippen LogP contribution in [-0.2, 0) is 9.53 Å². The molecule has 1 heterocycles. The highest BCUT2D eigenvalue weighted by Crippen LogP contribution is 2.34. The van der Waals surface area contributed by atoms with Gasteiger partial charge in [-0.2, -0.15) is 0 Å². The number of hydrogen-bond acceptors (Lipinski definition) is 4. The molecule has 1 aliphatic heterocycles. The van der Waals surface area contributed by atoms with Crippen molar-refractivity contribution in [2.24, 2.45) is 0 Å². The molecule has 22 heavy (non-hydrogen) atoms. The fourth-order valence-electron chi connectivity index (χ4n) is 2.15. The van der Waals surface area contributed by atoms with Gasteiger partial charge in [-0.3, -0.25) is 4.79 Å². The molecule has 1 N–H and O–H groups in total. The van der Waals surface area contributed by atoms with Crippen LogP contribution in [0.15, 0.2) is 29.2 Å². The third kappa shape index (κ3) is 4.66. The number of ether oxygens (including phenoxy) is 1. The van der Waals surface area contributed by atoms with Gasteiger partial charge >= 0.3 is 6.09 Å². The average molecular weight is 322 g/mol. The number of nitrogens with zero attached hydrogens (tertiary/aromatic N) is 1. The van der Waals surface area contributed by atoms with E-state index in [1.807, 2.05) is 24.3 Å². The highest BCUT2D eigenvalue weighted by Gasteiger charge is 2.22. The lowest BCUT2D eigenvalue weighted by Gasteiger charge is -2.29. The van der Waals surface area contributed by atoms with Crippen LogP contribution in [0.4, 0.5) is 10.5 Å². The Balaban J connectivity index is 1.85. The number of benzene rings is 1. The number of carbonyl (C=O) groups excluding carboxylic acids is 2. The topological polar surface area (TPSA) is 58.6 Å². The molecule has 0 saturated carbocycles. The van der Waals surface area contributed by atoms with E-state index in [1.54, 1.807) is 37.4 Å². The molecule has 6 heteroatoms. The summed E-state index contributed by atoms with van der Waals surface area (Å²) in [6, 6.07) is 7.90. The molecule has 2 amide bonds. The van der Waals surface area contributed by atoms with Gasteiger partial charge in [0.1, 0.15) is 5.60 Å². The largest absolute Gasteiger partial charge is 0.444 e. The average Bonchev–Trinajstić information content (AvgIpc) is 2.44. The molecule has 0 spiro atoms. The van der Waals surface area contributed by atoms with Crippen LogP contribution in [-0.4, -0.2) is 36.4 Å². The number of thioether (sulfide) groups is 1. The summed E-state index contributed by atoms with van der Waals surface area (Å²) in [5.41, 5.74) is 0.429. The van der Waals surface area contributed by atoms with Crippen molar-refractivity contribution in [1.82, 2.24) is 5.32 Å². The second kappa shape index (κ2) is 7.05. The van der Waals surface area contributed by atoms with Crippen LogP contribution in [0.1, 0.15) is 27.2 Å². The molecule has 0 saturated heterocycles. The summed E-state index contributed by atoms with van der Waals surface area (Å²) in [6.45, 7) is 6.40. The summed E-state index contributed by atoms with van der Waals surface area (Å²) in [5, 5.41) is 2.62. The zero-order chi connectivity index (χ0) is 16.2. The van der Waals surface area contributed by atoms with Gasteiger partial charge in [-0.25, -0.2) is 4.79 Å². The Morgan fingerprint density at radius 1 is 1.32 bits per heavy atom. The van der Waals surface area contributed by atoms with Crippen molar-refractivity contribution in [3.05, 3.63) is 24.3 Å². The fraction of sp³-hybridized carbons (Fsp3) is 0.500. The number of nitrogens with one attached hydrogen (secondary N) is 1. The lowest BCUT2D eigenvalue weighted by molar-refractivity contribution is -0.118. The first-order valence-electron chi connectivity index (χ1n) is 7.36. The lowest BCUT2D eigenvalue weighted by atomic mass is 10.2. The van der Waals surface area contributed by atoms with Crippen molar-refractivity contribution in [3.63, 3.8) is 0 Å². The first-order chi connectivity index (χ1) is 10.4. The molecular formula is C16H22N2O3S. The molecule has 0 fully saturated rings. The molecule has 0 bridgehead atoms. The van der Waals surface area contributed by atoms with Gasteiger partial charge in [0.25, 0.3) is 0 Å². The monoisotopic (exact) mass is 322 g/mol. The highest BCUT2D eigenvalue weighted by atomic mass is 32.2. The third-order valence-corrected chi connectivity index (χ3v) is 4.08. The van der Waals surface area contributed by atoms with E-state index in [1.165, 1.54) is 0 Å². The minimum Gasteiger partial charge on any atom is -0.444 e. The van der Waals surface area contributed by atoms with Crippen molar-refractivity contribution >= 4 is 29.4 Å². The summed E-state index contributed by atoms with van der Waals surface area (Å²) in [5.74, 6) is 0.909. The zero-order valence-electron chi connectivity index (χ0n) is 13.2. The normalized spacial score (nSPS) is 14.2. The number of rotatable bonds is 3. The molecule has 0 radical (unpaired) electrons. The second-order valence-corrected chi connectivity index (χ2v) is 7.18. The van der Waals surface area contributed by atoms with Crippen molar-refractivity contribution in [3.8, 4) is 0 Å². The van der Waals surface area contributed by atoms with E-state index in [9.17, 15) is 9.59 Å². The first kappa shape index (κ1) is 16.7. The molecule has 0 aliphatic carbocycles. The van der Waals surface area contributed by atoms with Gasteiger partial charge in [0.05, 0.1) is 5.69 Å². The van der Waals surface area contributed by atoms with Crippen LogP contribution in [0.25, 0.3) is 0 Å². The number of carbonyl (C=O) groups is 2. The van der Waals surface area contributed by atoms with Gasteiger partial charge in [-0.05, 0) is 32.9 Å². The Hall–Kier alpha value is -1.69. The second-order valence-electron chi connectivity index (χ2n) is 6.04. The van der Waals surface area contributed by atoms with E-state index >= 15 is 0 Å². The maximum Gasteiger partial charge on any atom is 0.407 e. The standard InChI is InChI=1S/C16H22N2O3S/c1-16(2,3)21-15(20)17-9-8-14(19)18-10-11-22-13-7-5-4-6-12(13)18/h4-7H,8-11H2,1-3H3,(H,17,20). The summed E-state index contributed by atoms with van der Waals surface area (Å²) in [6.07, 6.45) is -0.229. The Labute approximate surface area is 135 Å². The Kier molecular flexibility index (Phi) is 5.34. The minimum absolute atomic E-state index is 0.0174. The molecule has 0 aromatic heterocycles. The molecule has 2 rings (SSSR count). The van der Waals surface area contributed by atoms with Gasteiger partial charge in [-0.15, -0.1) is 11.8 Å². The molecule has 1 aromatic carbocycles. The predicted molar refractivity (Wildman–Crippen MR) is 88.4 cm³/mol. The van der Waals surface area contributed by atoms with E-state index in [-0.39, 0.29) is 18.9 Å². The molecule has 1 aliphatic rings. The number of hydrogen-bond donors (Lipinski definition) is 1. The smallest absolute Gasteiger partial charge is 0.407 e. The Bertz CT molecular complexity index is 555. The van der Waals surface area contributed by atoms with E-state index in [0.29, 0.717) is 6.54 Å². The van der Waals surface area contributed by atoms with Crippen LogP contribution in [0.2, 0.25) is 0 Å². The van der Waals surface area contributed by atoms with Gasteiger partial charge < -0.3 is 15.0 Å². The lowest BCUT2D eigenvalue weighted by Crippen LogP contribution is -2.38. The van der Waals surface area contributed by atoms with E-state index in [2.05, 4.69) is 5.32 Å². The summed E-state index contributed by atoms with van der Waals surface area (Å²) < 4.78 is 5.14. The maximum atomic E-state index is 12.4. The quantitative estimate of drug-likeness (QED) is 0.929. The number of fused-ring (bicyclic) bond motifs is 1. The van der Waals surface area contributed by atoms with Crippen LogP contribution in [0, 0.1) is 0 Å². The number of alkyl carbamates (subject to hydrolysis) is 1. The van der Waals surface area contributed by atoms with Gasteiger partial charge in [0.2, 0.25) is 5.91 Å². The van der Waals surface area contributed by atoms with Crippen molar-refractivity contribution < 1.29 is 14.3 Å². The molecule has 1 aromatic rings. The predicted octanol–water partition coefficient (Wildman–Crippen LogP) is 3.04. The van der Waals surface area contributed by atoms with Crippen LogP contribution in [0.5, 0.6) is 0 Å². The summed E-state index contributed by atoms with van der Waals surface area (Å²) >= 11 is 1.76. The highest BCUT2D eigenvalue weighted by molar-refractivity contribution is 7.99. The van der Waals surface area contributed by atoms with Crippen LogP contribution >= 0.6 is 11.8 Å². The minimum atomic E-state index is -0.531. The Morgan fingerprint density at radius 3 is 2.77 bits per heavy atom. The number of amides is 2. The first-order valence-corrected chi connectivity index (χ1v) is 8.34. The van der Waals surface area contributed by atoms with Gasteiger partial charge in [0.15, 0.2) is 0 Å². The zero-order valence-corrected chi connectivity index (χ0v) is 14.0. The summed E-state index contributed by atoms with van der Waals surface area (Å²) in [4.78, 5) is 26.8. The number of anilines is 1. The SMILES string of the molecule is CC(C)(C)OC(=O)NCCC(=O)N1CCSc2ccccc21. The van der Waals surface area contributed by atoms with Crippen molar-refractivity contribution in [2.75, 3.05) is 23.7 Å². The summed E-state index contributed by atoms with van der Waals surface area (Å²) in [7, 11) is 0. The molecule has 0 atom stereocenters. The van der Waals surface area contributed by atoms with E-state index < -0.39 is 11.7 Å². The molecule has 0 unspecified atom stereocenters. The molecular weight excluding hydrogens is 300 g/mol. The van der Waals surface area contributed by atoms with Crippen LogP contribution < -0.4 is 10.2 Å². The van der Waals surface area contributed by atoms with E-state index in [4.69, 9.17) is 4.74 Å². The third-order valence-electron chi connectivity index (χ3n) is 3.04. The molecule has 5 nitrogen and oxygen atoms in total. The van der Waals surface area contributed by atoms with Crippen LogP contribution in [0.3, 0.4) is 0 Å². The van der Waals surface area contributed by atoms with E-state index in [0.717, 1.165) is 16.3 Å².